The van der Waals surface area contributed by atoms with Crippen LogP contribution in [0.2, 0.25) is 0 Å². The number of hydrogen-bond acceptors (Lipinski definition) is 4. The molecule has 0 aliphatic heterocycles. The molecule has 0 saturated heterocycles. The summed E-state index contributed by atoms with van der Waals surface area (Å²) in [5, 5.41) is 9.74. The number of hydrogen-bond donors (Lipinski definition) is 2. The molecule has 0 fully saturated rings. The molecule has 21 heavy (non-hydrogen) atoms. The zero-order valence-electron chi connectivity index (χ0n) is 11.0. The van der Waals surface area contributed by atoms with E-state index in [1.807, 2.05) is 12.1 Å². The SMILES string of the molecule is N#Cc1cccn1Cc1oc2ccccc2c1C(=O)NN. The second kappa shape index (κ2) is 5.15. The fourth-order valence-electron chi connectivity index (χ4n) is 2.34. The van der Waals surface area contributed by atoms with Crippen molar-refractivity contribution >= 4 is 16.9 Å². The Balaban J connectivity index is 2.14. The summed E-state index contributed by atoms with van der Waals surface area (Å²) in [4.78, 5) is 12.0. The van der Waals surface area contributed by atoms with Gasteiger partial charge in [0.2, 0.25) is 0 Å². The van der Waals surface area contributed by atoms with Crippen molar-refractivity contribution in [3.05, 3.63) is 59.6 Å². The standard InChI is InChI=1S/C15H12N4O2/c16-8-10-4-3-7-19(10)9-13-14(15(20)18-17)11-5-1-2-6-12(11)21-13/h1-7H,9,17H2,(H,18,20). The predicted molar refractivity (Wildman–Crippen MR) is 76.1 cm³/mol. The molecule has 0 bridgehead atoms. The number of aromatic nitrogens is 1. The molecular formula is C15H12N4O2. The first-order chi connectivity index (χ1) is 10.2. The first kappa shape index (κ1) is 13.0. The van der Waals surface area contributed by atoms with Crippen molar-refractivity contribution in [2.24, 2.45) is 5.84 Å². The van der Waals surface area contributed by atoms with Crippen LogP contribution >= 0.6 is 0 Å². The van der Waals surface area contributed by atoms with Gasteiger partial charge in [-0.25, -0.2) is 5.84 Å². The van der Waals surface area contributed by atoms with Crippen LogP contribution in [-0.4, -0.2) is 10.5 Å². The largest absolute Gasteiger partial charge is 0.458 e. The van der Waals surface area contributed by atoms with E-state index < -0.39 is 5.91 Å². The molecule has 1 amide bonds. The van der Waals surface area contributed by atoms with Crippen molar-refractivity contribution in [3.8, 4) is 6.07 Å². The van der Waals surface area contributed by atoms with Crippen LogP contribution in [0.4, 0.5) is 0 Å². The number of rotatable bonds is 3. The third kappa shape index (κ3) is 2.16. The molecule has 1 aromatic carbocycles. The summed E-state index contributed by atoms with van der Waals surface area (Å²) < 4.78 is 7.46. The minimum absolute atomic E-state index is 0.285. The molecule has 3 N–H and O–H groups in total. The minimum atomic E-state index is -0.416. The van der Waals surface area contributed by atoms with Crippen LogP contribution in [0.1, 0.15) is 21.8 Å². The molecule has 3 aromatic rings. The molecule has 0 saturated carbocycles. The van der Waals surface area contributed by atoms with Crippen molar-refractivity contribution in [2.75, 3.05) is 0 Å². The third-order valence-electron chi connectivity index (χ3n) is 3.28. The Hall–Kier alpha value is -3.04. The monoisotopic (exact) mass is 280 g/mol. The number of furan rings is 1. The predicted octanol–water partition coefficient (Wildman–Crippen LogP) is 1.76. The van der Waals surface area contributed by atoms with Crippen LogP contribution in [0.25, 0.3) is 11.0 Å². The van der Waals surface area contributed by atoms with Gasteiger partial charge >= 0.3 is 0 Å². The van der Waals surface area contributed by atoms with Crippen LogP contribution in [0.5, 0.6) is 0 Å². The number of nitrogens with two attached hydrogens (primary N) is 1. The lowest BCUT2D eigenvalue weighted by molar-refractivity contribution is 0.0953. The van der Waals surface area contributed by atoms with E-state index in [9.17, 15) is 4.79 Å². The van der Waals surface area contributed by atoms with E-state index in [4.69, 9.17) is 15.5 Å². The molecule has 0 unspecified atom stereocenters. The minimum Gasteiger partial charge on any atom is -0.458 e. The first-order valence-corrected chi connectivity index (χ1v) is 6.31. The molecule has 0 aliphatic rings. The number of carbonyl (C=O) groups excluding carboxylic acids is 1. The molecule has 6 heteroatoms. The summed E-state index contributed by atoms with van der Waals surface area (Å²) in [6, 6.07) is 12.8. The van der Waals surface area contributed by atoms with Gasteiger partial charge in [-0.05, 0) is 18.2 Å². The van der Waals surface area contributed by atoms with Crippen LogP contribution in [0.15, 0.2) is 47.0 Å². The summed E-state index contributed by atoms with van der Waals surface area (Å²) in [5.74, 6) is 5.30. The van der Waals surface area contributed by atoms with Gasteiger partial charge in [-0.2, -0.15) is 5.26 Å². The van der Waals surface area contributed by atoms with Gasteiger partial charge in [-0.1, -0.05) is 18.2 Å². The maximum Gasteiger partial charge on any atom is 0.269 e. The van der Waals surface area contributed by atoms with Crippen LogP contribution in [-0.2, 0) is 6.54 Å². The number of nitrogens with one attached hydrogen (secondary N) is 1. The smallest absolute Gasteiger partial charge is 0.269 e. The van der Waals surface area contributed by atoms with Gasteiger partial charge in [-0.15, -0.1) is 0 Å². The zero-order valence-corrected chi connectivity index (χ0v) is 11.0. The maximum absolute atomic E-state index is 12.0. The normalized spacial score (nSPS) is 10.5. The molecule has 3 rings (SSSR count). The number of nitriles is 1. The number of para-hydroxylation sites is 1. The maximum atomic E-state index is 12.0. The van der Waals surface area contributed by atoms with Gasteiger partial charge in [-0.3, -0.25) is 10.2 Å². The number of fused-ring (bicyclic) bond motifs is 1. The molecule has 0 aliphatic carbocycles. The highest BCUT2D eigenvalue weighted by Gasteiger charge is 2.20. The van der Waals surface area contributed by atoms with Crippen LogP contribution in [0, 0.1) is 11.3 Å². The lowest BCUT2D eigenvalue weighted by Gasteiger charge is -2.04. The topological polar surface area (TPSA) is 97.0 Å². The molecule has 6 nitrogen and oxygen atoms in total. The molecule has 0 atom stereocenters. The summed E-state index contributed by atoms with van der Waals surface area (Å²) in [6.07, 6.45) is 1.76. The van der Waals surface area contributed by atoms with E-state index in [1.165, 1.54) is 0 Å². The fourth-order valence-corrected chi connectivity index (χ4v) is 2.34. The Kier molecular flexibility index (Phi) is 3.18. The molecule has 104 valence electrons. The fraction of sp³-hybridized carbons (Fsp3) is 0.0667. The Morgan fingerprint density at radius 3 is 2.90 bits per heavy atom. The van der Waals surface area contributed by atoms with Crippen LogP contribution < -0.4 is 11.3 Å². The number of benzene rings is 1. The van der Waals surface area contributed by atoms with Crippen molar-refractivity contribution in [3.63, 3.8) is 0 Å². The van der Waals surface area contributed by atoms with E-state index in [0.717, 1.165) is 0 Å². The van der Waals surface area contributed by atoms with E-state index in [1.54, 1.807) is 35.0 Å². The van der Waals surface area contributed by atoms with Crippen molar-refractivity contribution < 1.29 is 9.21 Å². The lowest BCUT2D eigenvalue weighted by Crippen LogP contribution is -2.30. The van der Waals surface area contributed by atoms with Gasteiger partial charge in [0, 0.05) is 11.6 Å². The van der Waals surface area contributed by atoms with Gasteiger partial charge in [0.1, 0.15) is 23.1 Å². The zero-order chi connectivity index (χ0) is 14.8. The molecule has 2 heterocycles. The first-order valence-electron chi connectivity index (χ1n) is 6.31. The summed E-state index contributed by atoms with van der Waals surface area (Å²) in [7, 11) is 0. The Labute approximate surface area is 120 Å². The number of nitrogen functional groups attached to an aromatic ring is 1. The van der Waals surface area contributed by atoms with Gasteiger partial charge in [0.15, 0.2) is 0 Å². The quantitative estimate of drug-likeness (QED) is 0.434. The Morgan fingerprint density at radius 2 is 2.14 bits per heavy atom. The van der Waals surface area contributed by atoms with Gasteiger partial charge in [0.05, 0.1) is 12.1 Å². The van der Waals surface area contributed by atoms with Crippen molar-refractivity contribution in [2.45, 2.75) is 6.54 Å². The van der Waals surface area contributed by atoms with E-state index in [0.29, 0.717) is 28.0 Å². The molecular weight excluding hydrogens is 268 g/mol. The van der Waals surface area contributed by atoms with Crippen molar-refractivity contribution in [1.82, 2.24) is 9.99 Å². The number of carbonyl (C=O) groups is 1. The highest BCUT2D eigenvalue weighted by molar-refractivity contribution is 6.07. The number of amides is 1. The van der Waals surface area contributed by atoms with Gasteiger partial charge in [0.25, 0.3) is 5.91 Å². The van der Waals surface area contributed by atoms with E-state index in [-0.39, 0.29) is 6.54 Å². The lowest BCUT2D eigenvalue weighted by atomic mass is 10.1. The molecule has 0 radical (unpaired) electrons. The second-order valence-electron chi connectivity index (χ2n) is 4.50. The number of nitrogens with zero attached hydrogens (tertiary/aromatic N) is 2. The Morgan fingerprint density at radius 1 is 1.33 bits per heavy atom. The average Bonchev–Trinajstić information content (AvgIpc) is 3.10. The van der Waals surface area contributed by atoms with E-state index in [2.05, 4.69) is 11.5 Å². The summed E-state index contributed by atoms with van der Waals surface area (Å²) >= 11 is 0. The third-order valence-corrected chi connectivity index (χ3v) is 3.28. The van der Waals surface area contributed by atoms with Crippen LogP contribution in [0.3, 0.4) is 0 Å². The summed E-state index contributed by atoms with van der Waals surface area (Å²) in [5.41, 5.74) is 3.63. The van der Waals surface area contributed by atoms with Crippen molar-refractivity contribution in [1.29, 1.82) is 5.26 Å². The summed E-state index contributed by atoms with van der Waals surface area (Å²) in [6.45, 7) is 0.285. The Bertz CT molecular complexity index is 854. The average molecular weight is 280 g/mol. The molecule has 0 spiro atoms. The number of hydrazine groups is 1. The highest BCUT2D eigenvalue weighted by Crippen LogP contribution is 2.26. The second-order valence-corrected chi connectivity index (χ2v) is 4.50. The van der Waals surface area contributed by atoms with E-state index >= 15 is 0 Å². The molecule has 2 aromatic heterocycles. The van der Waals surface area contributed by atoms with Gasteiger partial charge < -0.3 is 8.98 Å². The highest BCUT2D eigenvalue weighted by atomic mass is 16.3.